The van der Waals surface area contributed by atoms with Gasteiger partial charge >= 0.3 is 11.9 Å². The van der Waals surface area contributed by atoms with E-state index in [0.29, 0.717) is 6.07 Å². The molecular formula is C6H3ClF3N2O2+. The molecule has 1 rings (SSSR count). The van der Waals surface area contributed by atoms with Crippen molar-refractivity contribution in [3.05, 3.63) is 27.9 Å². The Labute approximate surface area is 80.5 Å². The molecule has 0 radical (unpaired) electrons. The van der Waals surface area contributed by atoms with E-state index in [1.807, 2.05) is 0 Å². The predicted octanol–water partition coefficient (Wildman–Crippen LogP) is 2.55. The summed E-state index contributed by atoms with van der Waals surface area (Å²) in [5.41, 5.74) is -1.91. The third-order valence-corrected chi connectivity index (χ3v) is 1.65. The summed E-state index contributed by atoms with van der Waals surface area (Å²) in [6.45, 7) is 0. The Hall–Kier alpha value is -1.37. The lowest BCUT2D eigenvalue weighted by Gasteiger charge is -2.05. The maximum absolute atomic E-state index is 12.2. The standard InChI is InChI=1S/C6H3ClF3N2O2/c7-5-4(6(8,9)10)1-3(2-11-5)12(13)14/h1-2H,(H,13,14)/q+1. The molecule has 0 saturated carbocycles. The number of halogens is 4. The minimum absolute atomic E-state index is 0.405. The molecular weight excluding hydrogens is 225 g/mol. The molecule has 14 heavy (non-hydrogen) atoms. The zero-order valence-electron chi connectivity index (χ0n) is 6.42. The maximum atomic E-state index is 12.2. The second-order valence-electron chi connectivity index (χ2n) is 2.30. The van der Waals surface area contributed by atoms with Crippen LogP contribution in [0.4, 0.5) is 18.9 Å². The van der Waals surface area contributed by atoms with E-state index in [0.717, 1.165) is 6.20 Å². The lowest BCUT2D eigenvalue weighted by molar-refractivity contribution is -0.730. The number of pyridine rings is 1. The molecule has 0 atom stereocenters. The van der Waals surface area contributed by atoms with E-state index in [2.05, 4.69) is 4.98 Å². The summed E-state index contributed by atoms with van der Waals surface area (Å²) in [6.07, 6.45) is -3.99. The lowest BCUT2D eigenvalue weighted by Crippen LogP contribution is -2.08. The summed E-state index contributed by atoms with van der Waals surface area (Å²) in [7, 11) is 0. The van der Waals surface area contributed by atoms with E-state index >= 15 is 0 Å². The molecule has 8 heteroatoms. The average molecular weight is 228 g/mol. The SMILES string of the molecule is O=[N+](O)c1cnc(Cl)c(C(F)(F)F)c1. The molecule has 1 aromatic heterocycles. The summed E-state index contributed by atoms with van der Waals surface area (Å²) in [5, 5.41) is 7.56. The molecule has 0 fully saturated rings. The van der Waals surface area contributed by atoms with Crippen LogP contribution in [0.5, 0.6) is 0 Å². The van der Waals surface area contributed by atoms with Crippen LogP contribution in [-0.4, -0.2) is 15.1 Å². The molecule has 4 nitrogen and oxygen atoms in total. The van der Waals surface area contributed by atoms with Crippen molar-refractivity contribution in [2.24, 2.45) is 0 Å². The number of hydrogen-bond donors (Lipinski definition) is 1. The molecule has 0 bridgehead atoms. The first-order valence-electron chi connectivity index (χ1n) is 3.21. The van der Waals surface area contributed by atoms with E-state index in [1.54, 1.807) is 0 Å². The van der Waals surface area contributed by atoms with E-state index in [4.69, 9.17) is 16.8 Å². The summed E-state index contributed by atoms with van der Waals surface area (Å²) in [4.78, 5) is 12.6. The van der Waals surface area contributed by atoms with Gasteiger partial charge in [0, 0.05) is 6.07 Å². The van der Waals surface area contributed by atoms with Crippen molar-refractivity contribution in [3.8, 4) is 0 Å². The summed E-state index contributed by atoms with van der Waals surface area (Å²) < 4.78 is 36.5. The van der Waals surface area contributed by atoms with Crippen LogP contribution in [0.3, 0.4) is 0 Å². The molecule has 0 unspecified atom stereocenters. The number of aromatic nitrogens is 1. The fraction of sp³-hybridized carbons (Fsp3) is 0.167. The zero-order valence-corrected chi connectivity index (χ0v) is 7.17. The van der Waals surface area contributed by atoms with Crippen LogP contribution in [-0.2, 0) is 6.18 Å². The van der Waals surface area contributed by atoms with Crippen LogP contribution < -0.4 is 0 Å². The molecule has 0 aliphatic carbocycles. The smallest absolute Gasteiger partial charge is 0.241 e. The van der Waals surface area contributed by atoms with Gasteiger partial charge in [0.25, 0.3) is 4.92 Å². The van der Waals surface area contributed by atoms with Gasteiger partial charge in [-0.2, -0.15) is 13.2 Å². The molecule has 1 heterocycles. The Balaban J connectivity index is 3.29. The van der Waals surface area contributed by atoms with Crippen LogP contribution in [0.25, 0.3) is 0 Å². The third kappa shape index (κ3) is 2.11. The first-order valence-corrected chi connectivity index (χ1v) is 3.59. The highest BCUT2D eigenvalue weighted by Gasteiger charge is 2.36. The van der Waals surface area contributed by atoms with E-state index in [9.17, 15) is 18.1 Å². The average Bonchev–Trinajstić information content (AvgIpc) is 2.02. The molecule has 0 aliphatic rings. The Morgan fingerprint density at radius 3 is 2.50 bits per heavy atom. The minimum atomic E-state index is -4.71. The molecule has 0 aliphatic heterocycles. The Kier molecular flexibility index (Phi) is 2.61. The third-order valence-electron chi connectivity index (χ3n) is 1.35. The van der Waals surface area contributed by atoms with Crippen molar-refractivity contribution >= 4 is 17.3 Å². The highest BCUT2D eigenvalue weighted by molar-refractivity contribution is 6.30. The van der Waals surface area contributed by atoms with E-state index < -0.39 is 27.5 Å². The van der Waals surface area contributed by atoms with Crippen molar-refractivity contribution in [1.29, 1.82) is 0 Å². The molecule has 76 valence electrons. The lowest BCUT2D eigenvalue weighted by atomic mass is 10.2. The van der Waals surface area contributed by atoms with Gasteiger partial charge in [-0.1, -0.05) is 11.6 Å². The maximum Gasteiger partial charge on any atom is 0.419 e. The summed E-state index contributed by atoms with van der Waals surface area (Å²) in [5.74, 6) is 0. The number of alkyl halides is 3. The molecule has 0 aromatic carbocycles. The molecule has 0 amide bonds. The molecule has 1 N–H and O–H groups in total. The van der Waals surface area contributed by atoms with Crippen LogP contribution in [0.2, 0.25) is 5.15 Å². The van der Waals surface area contributed by atoms with Gasteiger partial charge in [0.1, 0.15) is 11.3 Å². The van der Waals surface area contributed by atoms with Crippen molar-refractivity contribution in [1.82, 2.24) is 4.98 Å². The predicted molar refractivity (Wildman–Crippen MR) is 39.3 cm³/mol. The van der Waals surface area contributed by atoms with Gasteiger partial charge in [0.05, 0.1) is 10.5 Å². The van der Waals surface area contributed by atoms with Crippen molar-refractivity contribution in [2.45, 2.75) is 6.18 Å². The monoisotopic (exact) mass is 227 g/mol. The highest BCUT2D eigenvalue weighted by atomic mass is 35.5. The first-order chi connectivity index (χ1) is 6.32. The van der Waals surface area contributed by atoms with Gasteiger partial charge in [0.2, 0.25) is 0 Å². The van der Waals surface area contributed by atoms with E-state index in [-0.39, 0.29) is 0 Å². The minimum Gasteiger partial charge on any atom is -0.241 e. The first kappa shape index (κ1) is 10.7. The Morgan fingerprint density at radius 2 is 2.07 bits per heavy atom. The fourth-order valence-electron chi connectivity index (χ4n) is 0.740. The second-order valence-corrected chi connectivity index (χ2v) is 2.66. The van der Waals surface area contributed by atoms with E-state index in [1.165, 1.54) is 0 Å². The van der Waals surface area contributed by atoms with Crippen LogP contribution in [0.1, 0.15) is 5.56 Å². The summed E-state index contributed by atoms with van der Waals surface area (Å²) >= 11 is 5.15. The topological polar surface area (TPSA) is 53.2 Å². The van der Waals surface area contributed by atoms with Crippen LogP contribution >= 0.6 is 11.6 Å². The zero-order chi connectivity index (χ0) is 10.9. The molecule has 0 spiro atoms. The second kappa shape index (κ2) is 3.41. The van der Waals surface area contributed by atoms with Gasteiger partial charge in [-0.15, -0.1) is 0 Å². The molecule has 1 aromatic rings. The molecule has 0 saturated heterocycles. The Bertz CT molecular complexity index is 380. The quantitative estimate of drug-likeness (QED) is 0.593. The van der Waals surface area contributed by atoms with Crippen molar-refractivity contribution in [2.75, 3.05) is 0 Å². The van der Waals surface area contributed by atoms with Gasteiger partial charge in [-0.3, -0.25) is 0 Å². The Morgan fingerprint density at radius 1 is 1.50 bits per heavy atom. The van der Waals surface area contributed by atoms with Crippen molar-refractivity contribution in [3.63, 3.8) is 0 Å². The van der Waals surface area contributed by atoms with Crippen LogP contribution in [0.15, 0.2) is 12.3 Å². The normalized spacial score (nSPS) is 11.4. The van der Waals surface area contributed by atoms with Crippen LogP contribution in [0, 0.1) is 4.91 Å². The van der Waals surface area contributed by atoms with Crippen molar-refractivity contribution < 1.29 is 23.3 Å². The summed E-state index contributed by atoms with van der Waals surface area (Å²) in [6, 6.07) is 0.405. The van der Waals surface area contributed by atoms with Gasteiger partial charge in [0.15, 0.2) is 0 Å². The largest absolute Gasteiger partial charge is 0.419 e. The number of rotatable bonds is 1. The van der Waals surface area contributed by atoms with Gasteiger partial charge in [-0.05, 0) is 0 Å². The highest BCUT2D eigenvalue weighted by Crippen LogP contribution is 2.35. The number of nitrogens with zero attached hydrogens (tertiary/aromatic N) is 2. The fourth-order valence-corrected chi connectivity index (χ4v) is 0.951. The van der Waals surface area contributed by atoms with Gasteiger partial charge < -0.3 is 0 Å². The number of hydrogen-bond acceptors (Lipinski definition) is 2. The van der Waals surface area contributed by atoms with Gasteiger partial charge in [-0.25, -0.2) is 10.2 Å².